The van der Waals surface area contributed by atoms with Gasteiger partial charge in [-0.15, -0.1) is 0 Å². The molecule has 0 spiro atoms. The largest absolute Gasteiger partial charge is 0.507 e. The molecule has 2 N–H and O–H groups in total. The van der Waals surface area contributed by atoms with Crippen LogP contribution in [0, 0.1) is 10.1 Å². The van der Waals surface area contributed by atoms with Gasteiger partial charge in [-0.1, -0.05) is 0 Å². The van der Waals surface area contributed by atoms with E-state index in [0.29, 0.717) is 11.3 Å². The van der Waals surface area contributed by atoms with Crippen molar-refractivity contribution < 1.29 is 23.2 Å². The van der Waals surface area contributed by atoms with E-state index in [1.54, 1.807) is 12.1 Å². The SMILES string of the molecule is COc1ccc(O)c(C=NCCNc2ccc(S(C)(=O)=O)cc2[N+](=O)[O-])c1. The summed E-state index contributed by atoms with van der Waals surface area (Å²) in [6.45, 7) is 0.557. The zero-order valence-corrected chi connectivity index (χ0v) is 15.6. The Morgan fingerprint density at radius 1 is 1.30 bits per heavy atom. The number of hydrogen-bond donors (Lipinski definition) is 2. The Kier molecular flexibility index (Phi) is 6.35. The number of aromatic hydroxyl groups is 1. The van der Waals surface area contributed by atoms with Crippen molar-refractivity contribution in [2.75, 3.05) is 31.8 Å². The summed E-state index contributed by atoms with van der Waals surface area (Å²) in [7, 11) is -2.02. The lowest BCUT2D eigenvalue weighted by atomic mass is 10.2. The molecule has 0 saturated carbocycles. The van der Waals surface area contributed by atoms with Gasteiger partial charge >= 0.3 is 0 Å². The summed E-state index contributed by atoms with van der Waals surface area (Å²) in [5.74, 6) is 0.633. The molecular weight excluding hydrogens is 374 g/mol. The van der Waals surface area contributed by atoms with E-state index in [0.717, 1.165) is 12.3 Å². The molecule has 0 fully saturated rings. The predicted molar refractivity (Wildman–Crippen MR) is 102 cm³/mol. The molecule has 144 valence electrons. The fourth-order valence-electron chi connectivity index (χ4n) is 2.22. The van der Waals surface area contributed by atoms with Crippen LogP contribution >= 0.6 is 0 Å². The smallest absolute Gasteiger partial charge is 0.293 e. The quantitative estimate of drug-likeness (QED) is 0.304. The predicted octanol–water partition coefficient (Wildman–Crippen LogP) is 2.24. The monoisotopic (exact) mass is 393 g/mol. The Morgan fingerprint density at radius 2 is 2.04 bits per heavy atom. The van der Waals surface area contributed by atoms with E-state index in [1.807, 2.05) is 0 Å². The number of hydrogen-bond acceptors (Lipinski definition) is 8. The average Bonchev–Trinajstić information content (AvgIpc) is 2.62. The zero-order chi connectivity index (χ0) is 20.0. The van der Waals surface area contributed by atoms with Crippen LogP contribution in [-0.4, -0.2) is 51.1 Å². The average molecular weight is 393 g/mol. The van der Waals surface area contributed by atoms with Gasteiger partial charge in [0.25, 0.3) is 5.69 Å². The number of nitrogens with one attached hydrogen (secondary N) is 1. The molecule has 0 unspecified atom stereocenters. The minimum absolute atomic E-state index is 0.0551. The number of phenols is 1. The Morgan fingerprint density at radius 3 is 2.67 bits per heavy atom. The normalized spacial score (nSPS) is 11.5. The Hall–Kier alpha value is -3.14. The standard InChI is InChI=1S/C17H19N3O6S/c1-26-13-3-6-17(21)12(9-13)11-18-7-8-19-15-5-4-14(27(2,24)25)10-16(15)20(22)23/h3-6,9-11,19,21H,7-8H2,1-2H3. The highest BCUT2D eigenvalue weighted by Gasteiger charge is 2.18. The molecule has 0 aliphatic rings. The number of nitro groups is 1. The molecular formula is C17H19N3O6S. The number of nitro benzene ring substituents is 1. The molecule has 0 atom stereocenters. The van der Waals surface area contributed by atoms with Gasteiger partial charge in [0, 0.05) is 30.6 Å². The fraction of sp³-hybridized carbons (Fsp3) is 0.235. The highest BCUT2D eigenvalue weighted by molar-refractivity contribution is 7.90. The van der Waals surface area contributed by atoms with Crippen LogP contribution in [0.5, 0.6) is 11.5 Å². The summed E-state index contributed by atoms with van der Waals surface area (Å²) >= 11 is 0. The lowest BCUT2D eigenvalue weighted by molar-refractivity contribution is -0.384. The molecule has 0 bridgehead atoms. The van der Waals surface area contributed by atoms with Gasteiger partial charge in [0.05, 0.1) is 23.5 Å². The van der Waals surface area contributed by atoms with E-state index >= 15 is 0 Å². The molecule has 0 amide bonds. The van der Waals surface area contributed by atoms with Crippen LogP contribution in [0.1, 0.15) is 5.56 Å². The summed E-state index contributed by atoms with van der Waals surface area (Å²) in [6, 6.07) is 8.42. The lowest BCUT2D eigenvalue weighted by Crippen LogP contribution is -2.08. The van der Waals surface area contributed by atoms with Gasteiger partial charge in [0.2, 0.25) is 0 Å². The van der Waals surface area contributed by atoms with Crippen LogP contribution < -0.4 is 10.1 Å². The van der Waals surface area contributed by atoms with Crippen LogP contribution in [0.2, 0.25) is 0 Å². The maximum atomic E-state index is 11.5. The fourth-order valence-corrected chi connectivity index (χ4v) is 2.86. The van der Waals surface area contributed by atoms with Crippen molar-refractivity contribution >= 4 is 27.4 Å². The summed E-state index contributed by atoms with van der Waals surface area (Å²) in [4.78, 5) is 14.6. The van der Waals surface area contributed by atoms with E-state index in [4.69, 9.17) is 4.74 Å². The zero-order valence-electron chi connectivity index (χ0n) is 14.7. The van der Waals surface area contributed by atoms with Gasteiger partial charge in [-0.05, 0) is 30.3 Å². The summed E-state index contributed by atoms with van der Waals surface area (Å²) in [5, 5.41) is 23.8. The highest BCUT2D eigenvalue weighted by atomic mass is 32.2. The molecule has 2 rings (SSSR count). The summed E-state index contributed by atoms with van der Waals surface area (Å²) in [5.41, 5.74) is 0.358. The first kappa shape index (κ1) is 20.2. The second kappa shape index (κ2) is 8.49. The minimum Gasteiger partial charge on any atom is -0.507 e. The third-order valence-corrected chi connectivity index (χ3v) is 4.73. The molecule has 0 heterocycles. The van der Waals surface area contributed by atoms with Gasteiger partial charge in [-0.3, -0.25) is 15.1 Å². The van der Waals surface area contributed by atoms with E-state index in [9.17, 15) is 23.6 Å². The molecule has 27 heavy (non-hydrogen) atoms. The lowest BCUT2D eigenvalue weighted by Gasteiger charge is -2.07. The molecule has 2 aromatic carbocycles. The Bertz CT molecular complexity index is 973. The Labute approximate surface area is 156 Å². The third kappa shape index (κ3) is 5.42. The maximum Gasteiger partial charge on any atom is 0.293 e. The van der Waals surface area contributed by atoms with Crippen molar-refractivity contribution in [2.24, 2.45) is 4.99 Å². The van der Waals surface area contributed by atoms with Crippen LogP contribution in [-0.2, 0) is 9.84 Å². The maximum absolute atomic E-state index is 11.5. The van der Waals surface area contributed by atoms with Crippen LogP contribution in [0.4, 0.5) is 11.4 Å². The van der Waals surface area contributed by atoms with Gasteiger partial charge in [0.15, 0.2) is 9.84 Å². The van der Waals surface area contributed by atoms with Crippen molar-refractivity contribution in [1.29, 1.82) is 0 Å². The first-order valence-corrected chi connectivity index (χ1v) is 9.70. The topological polar surface area (TPSA) is 131 Å². The van der Waals surface area contributed by atoms with Crippen molar-refractivity contribution in [3.63, 3.8) is 0 Å². The first-order chi connectivity index (χ1) is 12.7. The van der Waals surface area contributed by atoms with Crippen molar-refractivity contribution in [2.45, 2.75) is 4.90 Å². The number of nitrogens with zero attached hydrogens (tertiary/aromatic N) is 2. The second-order valence-corrected chi connectivity index (χ2v) is 7.61. The molecule has 0 aliphatic carbocycles. The van der Waals surface area contributed by atoms with Gasteiger partial charge in [0.1, 0.15) is 17.2 Å². The summed E-state index contributed by atoms with van der Waals surface area (Å²) < 4.78 is 28.1. The number of benzene rings is 2. The molecule has 0 aromatic heterocycles. The van der Waals surface area contributed by atoms with Gasteiger partial charge in [-0.25, -0.2) is 8.42 Å². The van der Waals surface area contributed by atoms with Crippen molar-refractivity contribution in [3.05, 3.63) is 52.1 Å². The number of phenolic OH excluding ortho intramolecular Hbond substituents is 1. The number of sulfone groups is 1. The molecule has 2 aromatic rings. The summed E-state index contributed by atoms with van der Waals surface area (Å²) in [6.07, 6.45) is 2.46. The van der Waals surface area contributed by atoms with Gasteiger partial charge < -0.3 is 15.2 Å². The molecule has 9 nitrogen and oxygen atoms in total. The third-order valence-electron chi connectivity index (χ3n) is 3.62. The van der Waals surface area contributed by atoms with Crippen LogP contribution in [0.25, 0.3) is 0 Å². The number of anilines is 1. The number of ether oxygens (including phenoxy) is 1. The van der Waals surface area contributed by atoms with Crippen molar-refractivity contribution in [1.82, 2.24) is 0 Å². The number of rotatable bonds is 8. The van der Waals surface area contributed by atoms with E-state index in [1.165, 1.54) is 31.5 Å². The van der Waals surface area contributed by atoms with E-state index in [2.05, 4.69) is 10.3 Å². The molecule has 0 radical (unpaired) electrons. The van der Waals surface area contributed by atoms with Crippen LogP contribution in [0.3, 0.4) is 0 Å². The molecule has 10 heteroatoms. The first-order valence-electron chi connectivity index (χ1n) is 7.81. The minimum atomic E-state index is -3.53. The van der Waals surface area contributed by atoms with E-state index in [-0.39, 0.29) is 35.1 Å². The van der Waals surface area contributed by atoms with E-state index < -0.39 is 14.8 Å². The second-order valence-electron chi connectivity index (χ2n) is 5.60. The highest BCUT2D eigenvalue weighted by Crippen LogP contribution is 2.27. The molecule has 0 saturated heterocycles. The van der Waals surface area contributed by atoms with Crippen molar-refractivity contribution in [3.8, 4) is 11.5 Å². The number of methoxy groups -OCH3 is 1. The van der Waals surface area contributed by atoms with Gasteiger partial charge in [-0.2, -0.15) is 0 Å². The number of aliphatic imine (C=N–C) groups is 1. The Balaban J connectivity index is 2.04. The molecule has 0 aliphatic heterocycles. The van der Waals surface area contributed by atoms with Crippen LogP contribution in [0.15, 0.2) is 46.3 Å².